The largest absolute Gasteiger partial charge is 0.480 e. The number of carboxylic acids is 1. The van der Waals surface area contributed by atoms with E-state index in [-0.39, 0.29) is 30.9 Å². The summed E-state index contributed by atoms with van der Waals surface area (Å²) in [5.41, 5.74) is 0. The minimum Gasteiger partial charge on any atom is -0.480 e. The van der Waals surface area contributed by atoms with Crippen LogP contribution in [0.3, 0.4) is 0 Å². The number of carbonyl (C=O) groups is 3. The summed E-state index contributed by atoms with van der Waals surface area (Å²) in [7, 11) is 0. The molecule has 2 N–H and O–H groups in total. The molecule has 0 aromatic carbocycles. The first kappa shape index (κ1) is 16.5. The SMILES string of the molecule is CC(C)N(CC(=O)O)C(=O)CNC(=O)CC1CCCC1. The molecule has 0 radical (unpaired) electrons. The fourth-order valence-corrected chi connectivity index (χ4v) is 2.53. The van der Waals surface area contributed by atoms with Gasteiger partial charge in [0.25, 0.3) is 0 Å². The lowest BCUT2D eigenvalue weighted by Crippen LogP contribution is -2.46. The van der Waals surface area contributed by atoms with Gasteiger partial charge in [-0.1, -0.05) is 12.8 Å². The van der Waals surface area contributed by atoms with E-state index in [1.807, 2.05) is 0 Å². The summed E-state index contributed by atoms with van der Waals surface area (Å²) in [5.74, 6) is -1.10. The number of hydrogen-bond donors (Lipinski definition) is 2. The molecule has 20 heavy (non-hydrogen) atoms. The molecule has 2 amide bonds. The highest BCUT2D eigenvalue weighted by Crippen LogP contribution is 2.27. The molecule has 0 bridgehead atoms. The van der Waals surface area contributed by atoms with Gasteiger partial charge in [0.2, 0.25) is 11.8 Å². The molecule has 114 valence electrons. The van der Waals surface area contributed by atoms with E-state index in [9.17, 15) is 14.4 Å². The fraction of sp³-hybridized carbons (Fsp3) is 0.786. The Balaban J connectivity index is 2.35. The van der Waals surface area contributed by atoms with Gasteiger partial charge in [-0.05, 0) is 32.6 Å². The maximum atomic E-state index is 11.9. The van der Waals surface area contributed by atoms with E-state index < -0.39 is 5.97 Å². The van der Waals surface area contributed by atoms with Crippen molar-refractivity contribution in [1.29, 1.82) is 0 Å². The second kappa shape index (κ2) is 7.87. The van der Waals surface area contributed by atoms with Gasteiger partial charge < -0.3 is 15.3 Å². The van der Waals surface area contributed by atoms with Crippen LogP contribution in [-0.2, 0) is 14.4 Å². The number of nitrogens with one attached hydrogen (secondary N) is 1. The lowest BCUT2D eigenvalue weighted by molar-refractivity contribution is -0.145. The van der Waals surface area contributed by atoms with Crippen LogP contribution in [0.2, 0.25) is 0 Å². The smallest absolute Gasteiger partial charge is 0.323 e. The molecular weight excluding hydrogens is 260 g/mol. The molecule has 0 unspecified atom stereocenters. The summed E-state index contributed by atoms with van der Waals surface area (Å²) in [5, 5.41) is 11.4. The summed E-state index contributed by atoms with van der Waals surface area (Å²) in [4.78, 5) is 35.6. The number of nitrogens with zero attached hydrogens (tertiary/aromatic N) is 1. The van der Waals surface area contributed by atoms with Crippen molar-refractivity contribution in [1.82, 2.24) is 10.2 Å². The van der Waals surface area contributed by atoms with Crippen LogP contribution in [0, 0.1) is 5.92 Å². The number of aliphatic carboxylic acids is 1. The van der Waals surface area contributed by atoms with Gasteiger partial charge in [0.05, 0.1) is 6.54 Å². The van der Waals surface area contributed by atoms with E-state index in [0.717, 1.165) is 12.8 Å². The van der Waals surface area contributed by atoms with Crippen molar-refractivity contribution in [3.05, 3.63) is 0 Å². The lowest BCUT2D eigenvalue weighted by Gasteiger charge is -2.25. The molecule has 0 aromatic rings. The number of rotatable bonds is 7. The molecule has 6 nitrogen and oxygen atoms in total. The Labute approximate surface area is 119 Å². The van der Waals surface area contributed by atoms with Gasteiger partial charge in [-0.3, -0.25) is 14.4 Å². The zero-order chi connectivity index (χ0) is 15.1. The number of amides is 2. The maximum Gasteiger partial charge on any atom is 0.323 e. The van der Waals surface area contributed by atoms with Crippen LogP contribution in [0.1, 0.15) is 46.0 Å². The number of carboxylic acid groups (broad SMARTS) is 1. The van der Waals surface area contributed by atoms with Crippen LogP contribution in [0.15, 0.2) is 0 Å². The third kappa shape index (κ3) is 5.59. The summed E-state index contributed by atoms with van der Waals surface area (Å²) in [6.45, 7) is 3.04. The second-order valence-electron chi connectivity index (χ2n) is 5.64. The fourth-order valence-electron chi connectivity index (χ4n) is 2.53. The van der Waals surface area contributed by atoms with E-state index in [1.165, 1.54) is 17.7 Å². The van der Waals surface area contributed by atoms with Gasteiger partial charge in [0.1, 0.15) is 6.54 Å². The van der Waals surface area contributed by atoms with Crippen LogP contribution in [0.25, 0.3) is 0 Å². The van der Waals surface area contributed by atoms with E-state index >= 15 is 0 Å². The average molecular weight is 284 g/mol. The molecule has 0 aromatic heterocycles. The van der Waals surface area contributed by atoms with Crippen molar-refractivity contribution >= 4 is 17.8 Å². The Morgan fingerprint density at radius 1 is 1.25 bits per heavy atom. The van der Waals surface area contributed by atoms with E-state index in [4.69, 9.17) is 5.11 Å². The highest BCUT2D eigenvalue weighted by atomic mass is 16.4. The minimum atomic E-state index is -1.05. The third-order valence-corrected chi connectivity index (χ3v) is 3.63. The van der Waals surface area contributed by atoms with Gasteiger partial charge in [0, 0.05) is 12.5 Å². The molecule has 0 saturated heterocycles. The second-order valence-corrected chi connectivity index (χ2v) is 5.64. The Bertz CT molecular complexity index is 362. The molecule has 0 heterocycles. The van der Waals surface area contributed by atoms with Crippen molar-refractivity contribution < 1.29 is 19.5 Å². The first-order valence-corrected chi connectivity index (χ1v) is 7.18. The first-order valence-electron chi connectivity index (χ1n) is 7.18. The predicted octanol–water partition coefficient (Wildman–Crippen LogP) is 1.00. The van der Waals surface area contributed by atoms with Gasteiger partial charge in [-0.15, -0.1) is 0 Å². The van der Waals surface area contributed by atoms with Crippen LogP contribution >= 0.6 is 0 Å². The van der Waals surface area contributed by atoms with E-state index in [2.05, 4.69) is 5.32 Å². The molecule has 1 aliphatic carbocycles. The van der Waals surface area contributed by atoms with Crippen molar-refractivity contribution in [3.8, 4) is 0 Å². The molecule has 6 heteroatoms. The molecule has 1 rings (SSSR count). The van der Waals surface area contributed by atoms with Crippen molar-refractivity contribution in [2.24, 2.45) is 5.92 Å². The summed E-state index contributed by atoms with van der Waals surface area (Å²) < 4.78 is 0. The van der Waals surface area contributed by atoms with Crippen LogP contribution in [-0.4, -0.2) is 46.9 Å². The maximum absolute atomic E-state index is 11.9. The number of carbonyl (C=O) groups excluding carboxylic acids is 2. The quantitative estimate of drug-likeness (QED) is 0.730. The highest BCUT2D eigenvalue weighted by molar-refractivity contribution is 5.87. The van der Waals surface area contributed by atoms with Crippen molar-refractivity contribution in [3.63, 3.8) is 0 Å². The Morgan fingerprint density at radius 2 is 1.85 bits per heavy atom. The first-order chi connectivity index (χ1) is 9.40. The Hall–Kier alpha value is -1.59. The van der Waals surface area contributed by atoms with Crippen molar-refractivity contribution in [2.45, 2.75) is 52.0 Å². The molecule has 1 aliphatic rings. The standard InChI is InChI=1S/C14H24N2O4/c1-10(2)16(9-14(19)20)13(18)8-15-12(17)7-11-5-3-4-6-11/h10-11H,3-9H2,1-2H3,(H,15,17)(H,19,20). The topological polar surface area (TPSA) is 86.7 Å². The van der Waals surface area contributed by atoms with E-state index in [1.54, 1.807) is 13.8 Å². The Kier molecular flexibility index (Phi) is 6.48. The third-order valence-electron chi connectivity index (χ3n) is 3.63. The molecule has 1 fully saturated rings. The van der Waals surface area contributed by atoms with Crippen molar-refractivity contribution in [2.75, 3.05) is 13.1 Å². The normalized spacial score (nSPS) is 15.3. The predicted molar refractivity (Wildman–Crippen MR) is 74.1 cm³/mol. The van der Waals surface area contributed by atoms with Gasteiger partial charge in [0.15, 0.2) is 0 Å². The van der Waals surface area contributed by atoms with Crippen LogP contribution < -0.4 is 5.32 Å². The molecule has 0 atom stereocenters. The van der Waals surface area contributed by atoms with Crippen LogP contribution in [0.4, 0.5) is 0 Å². The molecule has 0 spiro atoms. The zero-order valence-electron chi connectivity index (χ0n) is 12.2. The summed E-state index contributed by atoms with van der Waals surface area (Å²) >= 11 is 0. The highest BCUT2D eigenvalue weighted by Gasteiger charge is 2.22. The molecule has 1 saturated carbocycles. The lowest BCUT2D eigenvalue weighted by atomic mass is 10.0. The number of hydrogen-bond acceptors (Lipinski definition) is 3. The average Bonchev–Trinajstić information content (AvgIpc) is 2.85. The van der Waals surface area contributed by atoms with Gasteiger partial charge >= 0.3 is 5.97 Å². The van der Waals surface area contributed by atoms with Gasteiger partial charge in [-0.25, -0.2) is 0 Å². The summed E-state index contributed by atoms with van der Waals surface area (Å²) in [6.07, 6.45) is 4.98. The molecular formula is C14H24N2O4. The van der Waals surface area contributed by atoms with Crippen LogP contribution in [0.5, 0.6) is 0 Å². The zero-order valence-corrected chi connectivity index (χ0v) is 12.2. The summed E-state index contributed by atoms with van der Waals surface area (Å²) in [6, 6.07) is -0.203. The Morgan fingerprint density at radius 3 is 2.35 bits per heavy atom. The minimum absolute atomic E-state index is 0.121. The monoisotopic (exact) mass is 284 g/mol. The van der Waals surface area contributed by atoms with Gasteiger partial charge in [-0.2, -0.15) is 0 Å². The van der Waals surface area contributed by atoms with E-state index in [0.29, 0.717) is 12.3 Å². The molecule has 0 aliphatic heterocycles.